The number of aromatic nitrogens is 1. The summed E-state index contributed by atoms with van der Waals surface area (Å²) in [7, 11) is 0. The highest BCUT2D eigenvalue weighted by molar-refractivity contribution is 5.92. The number of aliphatic carboxylic acids is 1. The zero-order chi connectivity index (χ0) is 17.5. The molecule has 1 N–H and O–H groups in total. The van der Waals surface area contributed by atoms with Gasteiger partial charge in [0.05, 0.1) is 0 Å². The first-order chi connectivity index (χ1) is 11.5. The van der Waals surface area contributed by atoms with Gasteiger partial charge in [0.25, 0.3) is 0 Å². The number of carbonyl (C=O) groups is 2. The summed E-state index contributed by atoms with van der Waals surface area (Å²) >= 11 is 0. The third-order valence-electron chi connectivity index (χ3n) is 3.94. The quantitative estimate of drug-likeness (QED) is 0.660. The van der Waals surface area contributed by atoms with E-state index in [-0.39, 0.29) is 17.6 Å². The molecule has 0 saturated carbocycles. The summed E-state index contributed by atoms with van der Waals surface area (Å²) < 4.78 is 0. The highest BCUT2D eigenvalue weighted by Crippen LogP contribution is 2.31. The van der Waals surface area contributed by atoms with Crippen molar-refractivity contribution in [2.45, 2.75) is 20.3 Å². The Bertz CT molecular complexity index is 727. The van der Waals surface area contributed by atoms with Crippen LogP contribution in [0, 0.1) is 11.8 Å². The smallest absolute Gasteiger partial charge is 0.328 e. The molecule has 4 heteroatoms. The number of nitrogens with zero attached hydrogens (tertiary/aromatic N) is 1. The van der Waals surface area contributed by atoms with E-state index >= 15 is 0 Å². The molecular formula is C20H21NO3. The molecule has 0 amide bonds. The van der Waals surface area contributed by atoms with E-state index in [1.54, 1.807) is 31.5 Å². The van der Waals surface area contributed by atoms with Crippen molar-refractivity contribution in [3.8, 4) is 0 Å². The van der Waals surface area contributed by atoms with Crippen LogP contribution in [0.5, 0.6) is 0 Å². The molecule has 2 unspecified atom stereocenters. The lowest BCUT2D eigenvalue weighted by atomic mass is 9.78. The Balaban J connectivity index is 2.24. The first kappa shape index (κ1) is 17.6. The van der Waals surface area contributed by atoms with Gasteiger partial charge < -0.3 is 5.11 Å². The highest BCUT2D eigenvalue weighted by atomic mass is 16.4. The van der Waals surface area contributed by atoms with E-state index < -0.39 is 5.97 Å². The molecule has 124 valence electrons. The van der Waals surface area contributed by atoms with Crippen molar-refractivity contribution in [2.75, 3.05) is 0 Å². The second-order valence-electron chi connectivity index (χ2n) is 6.02. The Morgan fingerprint density at radius 3 is 2.67 bits per heavy atom. The Morgan fingerprint density at radius 2 is 2.00 bits per heavy atom. The van der Waals surface area contributed by atoms with E-state index in [9.17, 15) is 9.59 Å². The first-order valence-electron chi connectivity index (χ1n) is 7.87. The van der Waals surface area contributed by atoms with E-state index in [1.807, 2.05) is 37.3 Å². The Morgan fingerprint density at radius 1 is 1.29 bits per heavy atom. The average molecular weight is 323 g/mol. The van der Waals surface area contributed by atoms with Crippen LogP contribution in [0.15, 0.2) is 66.1 Å². The molecule has 0 aromatic carbocycles. The van der Waals surface area contributed by atoms with Gasteiger partial charge in [-0.15, -0.1) is 0 Å². The van der Waals surface area contributed by atoms with Crippen LogP contribution in [0.25, 0.3) is 6.08 Å². The number of hydrogen-bond donors (Lipinski definition) is 1. The Hall–Kier alpha value is -2.75. The summed E-state index contributed by atoms with van der Waals surface area (Å²) in [5.74, 6) is -0.580. The fraction of sp³-hybridized carbons (Fsp3) is 0.250. The lowest BCUT2D eigenvalue weighted by molar-refractivity contribution is -0.131. The van der Waals surface area contributed by atoms with Crippen LogP contribution in [0.4, 0.5) is 0 Å². The second-order valence-corrected chi connectivity index (χ2v) is 6.02. The van der Waals surface area contributed by atoms with E-state index in [0.717, 1.165) is 11.1 Å². The van der Waals surface area contributed by atoms with Crippen LogP contribution in [0.2, 0.25) is 0 Å². The van der Waals surface area contributed by atoms with Gasteiger partial charge in [-0.2, -0.15) is 0 Å². The molecule has 4 nitrogen and oxygen atoms in total. The molecule has 1 aliphatic rings. The van der Waals surface area contributed by atoms with Gasteiger partial charge >= 0.3 is 5.97 Å². The van der Waals surface area contributed by atoms with E-state index in [0.29, 0.717) is 12.0 Å². The summed E-state index contributed by atoms with van der Waals surface area (Å²) in [4.78, 5) is 26.6. The minimum Gasteiger partial charge on any atom is -0.478 e. The molecule has 2 rings (SSSR count). The molecule has 1 aromatic heterocycles. The number of pyridine rings is 1. The predicted octanol–water partition coefficient (Wildman–Crippen LogP) is 3.83. The maximum absolute atomic E-state index is 11.9. The van der Waals surface area contributed by atoms with Crippen molar-refractivity contribution < 1.29 is 14.7 Å². The standard InChI is InChI=1S/C20H21NO3/c1-14(11-20(23)24)3-6-19-15(2)12-18(22)13-17(19)5-4-16-7-9-21-10-8-16/h3-11,13,15,19H,12H2,1-2H3,(H,23,24)/b5-4+,6-3+,14-11-. The van der Waals surface area contributed by atoms with Crippen LogP contribution in [-0.2, 0) is 9.59 Å². The Kier molecular flexibility index (Phi) is 6.01. The van der Waals surface area contributed by atoms with Gasteiger partial charge in [0, 0.05) is 30.8 Å². The molecule has 1 aliphatic carbocycles. The largest absolute Gasteiger partial charge is 0.478 e. The van der Waals surface area contributed by atoms with Gasteiger partial charge in [-0.3, -0.25) is 9.78 Å². The summed E-state index contributed by atoms with van der Waals surface area (Å²) in [6, 6.07) is 3.80. The molecule has 2 atom stereocenters. The molecule has 0 spiro atoms. The van der Waals surface area contributed by atoms with Crippen LogP contribution < -0.4 is 0 Å². The number of hydrogen-bond acceptors (Lipinski definition) is 3. The summed E-state index contributed by atoms with van der Waals surface area (Å²) in [5, 5.41) is 8.79. The maximum Gasteiger partial charge on any atom is 0.328 e. The van der Waals surface area contributed by atoms with Gasteiger partial charge in [0.1, 0.15) is 0 Å². The van der Waals surface area contributed by atoms with Crippen molar-refractivity contribution in [2.24, 2.45) is 11.8 Å². The van der Waals surface area contributed by atoms with Gasteiger partial charge in [-0.1, -0.05) is 31.2 Å². The fourth-order valence-corrected chi connectivity index (χ4v) is 2.74. The molecule has 1 aromatic rings. The molecule has 0 aliphatic heterocycles. The number of ketones is 1. The average Bonchev–Trinajstić information content (AvgIpc) is 2.52. The molecular weight excluding hydrogens is 302 g/mol. The fourth-order valence-electron chi connectivity index (χ4n) is 2.74. The van der Waals surface area contributed by atoms with Gasteiger partial charge in [0.15, 0.2) is 5.78 Å². The van der Waals surface area contributed by atoms with Crippen molar-refractivity contribution >= 4 is 17.8 Å². The first-order valence-corrected chi connectivity index (χ1v) is 7.87. The van der Waals surface area contributed by atoms with E-state index in [2.05, 4.69) is 4.98 Å². The Labute approximate surface area is 141 Å². The minimum absolute atomic E-state index is 0.0814. The number of carboxylic acids is 1. The van der Waals surface area contributed by atoms with E-state index in [4.69, 9.17) is 5.11 Å². The lowest BCUT2D eigenvalue weighted by Gasteiger charge is -2.25. The van der Waals surface area contributed by atoms with Crippen molar-refractivity contribution in [3.63, 3.8) is 0 Å². The number of allylic oxidation sites excluding steroid dienone is 6. The summed E-state index contributed by atoms with van der Waals surface area (Å²) in [5.41, 5.74) is 2.63. The normalized spacial score (nSPS) is 22.2. The number of carboxylic acid groups (broad SMARTS) is 1. The summed E-state index contributed by atoms with van der Waals surface area (Å²) in [6.45, 7) is 3.79. The van der Waals surface area contributed by atoms with Crippen LogP contribution >= 0.6 is 0 Å². The number of carbonyl (C=O) groups excluding carboxylic acids is 1. The molecule has 0 fully saturated rings. The minimum atomic E-state index is -0.961. The van der Waals surface area contributed by atoms with E-state index in [1.165, 1.54) is 6.08 Å². The van der Waals surface area contributed by atoms with Crippen LogP contribution in [0.3, 0.4) is 0 Å². The van der Waals surface area contributed by atoms with Crippen molar-refractivity contribution in [1.82, 2.24) is 4.98 Å². The SMILES string of the molecule is CC(=C/C(=O)O)/C=C/C1C(/C=C/c2ccncc2)=CC(=O)CC1C. The molecule has 24 heavy (non-hydrogen) atoms. The lowest BCUT2D eigenvalue weighted by Crippen LogP contribution is -2.20. The van der Waals surface area contributed by atoms with Crippen molar-refractivity contribution in [1.29, 1.82) is 0 Å². The highest BCUT2D eigenvalue weighted by Gasteiger charge is 2.24. The molecule has 1 heterocycles. The van der Waals surface area contributed by atoms with Gasteiger partial charge in [-0.05, 0) is 47.8 Å². The third kappa shape index (κ3) is 5.16. The maximum atomic E-state index is 11.9. The van der Waals surface area contributed by atoms with Gasteiger partial charge in [-0.25, -0.2) is 4.79 Å². The van der Waals surface area contributed by atoms with Crippen LogP contribution in [0.1, 0.15) is 25.8 Å². The zero-order valence-electron chi connectivity index (χ0n) is 13.8. The van der Waals surface area contributed by atoms with Crippen molar-refractivity contribution in [3.05, 3.63) is 71.6 Å². The second kappa shape index (κ2) is 8.20. The monoisotopic (exact) mass is 323 g/mol. The van der Waals surface area contributed by atoms with Gasteiger partial charge in [0.2, 0.25) is 0 Å². The molecule has 0 saturated heterocycles. The topological polar surface area (TPSA) is 67.3 Å². The molecule has 0 bridgehead atoms. The molecule has 0 radical (unpaired) electrons. The number of rotatable bonds is 5. The predicted molar refractivity (Wildman–Crippen MR) is 94.2 cm³/mol. The summed E-state index contributed by atoms with van der Waals surface area (Å²) in [6.07, 6.45) is 14.5. The third-order valence-corrected chi connectivity index (χ3v) is 3.94. The van der Waals surface area contributed by atoms with Crippen LogP contribution in [-0.4, -0.2) is 21.8 Å². The zero-order valence-corrected chi connectivity index (χ0v) is 13.8.